The number of rotatable bonds is 4. The standard InChI is InChI=1S/C10H17N3O3/c1-2-3-7(11)9-12-10(16-13-9)8-6-14-4-5-15-8/h7-8H,2-6,11H2,1H3. The summed E-state index contributed by atoms with van der Waals surface area (Å²) in [6.45, 7) is 3.71. The van der Waals surface area contributed by atoms with Crippen molar-refractivity contribution >= 4 is 0 Å². The zero-order valence-electron chi connectivity index (χ0n) is 9.39. The van der Waals surface area contributed by atoms with E-state index in [0.717, 1.165) is 12.8 Å². The van der Waals surface area contributed by atoms with Gasteiger partial charge in [0.2, 0.25) is 0 Å². The molecule has 2 atom stereocenters. The Morgan fingerprint density at radius 3 is 3.06 bits per heavy atom. The Labute approximate surface area is 94.1 Å². The highest BCUT2D eigenvalue weighted by molar-refractivity contribution is 4.95. The first-order valence-corrected chi connectivity index (χ1v) is 5.59. The van der Waals surface area contributed by atoms with E-state index in [2.05, 4.69) is 17.1 Å². The van der Waals surface area contributed by atoms with E-state index in [1.54, 1.807) is 0 Å². The molecule has 1 fully saturated rings. The van der Waals surface area contributed by atoms with Crippen molar-refractivity contribution in [3.63, 3.8) is 0 Å². The fraction of sp³-hybridized carbons (Fsp3) is 0.800. The van der Waals surface area contributed by atoms with Gasteiger partial charge < -0.3 is 19.7 Å². The molecule has 2 heterocycles. The molecule has 2 N–H and O–H groups in total. The van der Waals surface area contributed by atoms with Gasteiger partial charge in [0.25, 0.3) is 5.89 Å². The lowest BCUT2D eigenvalue weighted by atomic mass is 10.2. The molecular weight excluding hydrogens is 210 g/mol. The van der Waals surface area contributed by atoms with Crippen LogP contribution in [0.5, 0.6) is 0 Å². The molecule has 0 radical (unpaired) electrons. The summed E-state index contributed by atoms with van der Waals surface area (Å²) in [5.74, 6) is 1.01. The monoisotopic (exact) mass is 227 g/mol. The van der Waals surface area contributed by atoms with Gasteiger partial charge in [-0.15, -0.1) is 0 Å². The summed E-state index contributed by atoms with van der Waals surface area (Å²) in [4.78, 5) is 4.24. The molecule has 0 aliphatic carbocycles. The number of aromatic nitrogens is 2. The summed E-state index contributed by atoms with van der Waals surface area (Å²) >= 11 is 0. The van der Waals surface area contributed by atoms with Crippen LogP contribution in [0.2, 0.25) is 0 Å². The molecular formula is C10H17N3O3. The van der Waals surface area contributed by atoms with Crippen LogP contribution in [0.1, 0.15) is 43.6 Å². The summed E-state index contributed by atoms with van der Waals surface area (Å²) in [6.07, 6.45) is 1.60. The third-order valence-electron chi connectivity index (χ3n) is 2.48. The van der Waals surface area contributed by atoms with Crippen LogP contribution >= 0.6 is 0 Å². The van der Waals surface area contributed by atoms with Crippen molar-refractivity contribution < 1.29 is 14.0 Å². The van der Waals surface area contributed by atoms with E-state index in [1.165, 1.54) is 0 Å². The molecule has 1 aliphatic heterocycles. The maximum Gasteiger partial charge on any atom is 0.258 e. The second kappa shape index (κ2) is 5.38. The molecule has 1 saturated heterocycles. The third-order valence-corrected chi connectivity index (χ3v) is 2.48. The summed E-state index contributed by atoms with van der Waals surface area (Å²) in [6, 6.07) is -0.160. The van der Waals surface area contributed by atoms with Crippen LogP contribution in [0, 0.1) is 0 Å². The Morgan fingerprint density at radius 1 is 1.50 bits per heavy atom. The molecule has 0 spiro atoms. The predicted molar refractivity (Wildman–Crippen MR) is 55.6 cm³/mol. The van der Waals surface area contributed by atoms with Crippen molar-refractivity contribution in [2.45, 2.75) is 31.9 Å². The maximum absolute atomic E-state index is 5.89. The average Bonchev–Trinajstić information content (AvgIpc) is 2.80. The lowest BCUT2D eigenvalue weighted by molar-refractivity contribution is -0.101. The minimum Gasteiger partial charge on any atom is -0.376 e. The van der Waals surface area contributed by atoms with Crippen LogP contribution in [-0.2, 0) is 9.47 Å². The Morgan fingerprint density at radius 2 is 2.38 bits per heavy atom. The molecule has 90 valence electrons. The van der Waals surface area contributed by atoms with E-state index in [1.807, 2.05) is 0 Å². The topological polar surface area (TPSA) is 83.4 Å². The molecule has 0 amide bonds. The molecule has 0 saturated carbocycles. The van der Waals surface area contributed by atoms with Gasteiger partial charge in [-0.3, -0.25) is 0 Å². The highest BCUT2D eigenvalue weighted by atomic mass is 16.6. The average molecular weight is 227 g/mol. The maximum atomic E-state index is 5.89. The highest BCUT2D eigenvalue weighted by Crippen LogP contribution is 2.21. The Kier molecular flexibility index (Phi) is 3.87. The minimum absolute atomic E-state index is 0.160. The third kappa shape index (κ3) is 2.58. The molecule has 0 bridgehead atoms. The molecule has 1 aromatic heterocycles. The van der Waals surface area contributed by atoms with Gasteiger partial charge >= 0.3 is 0 Å². The van der Waals surface area contributed by atoms with Crippen LogP contribution in [-0.4, -0.2) is 30.0 Å². The van der Waals surface area contributed by atoms with Gasteiger partial charge in [0.15, 0.2) is 11.9 Å². The Balaban J connectivity index is 2.00. The zero-order chi connectivity index (χ0) is 11.4. The first-order valence-electron chi connectivity index (χ1n) is 5.59. The minimum atomic E-state index is -0.246. The van der Waals surface area contributed by atoms with E-state index >= 15 is 0 Å². The summed E-state index contributed by atoms with van der Waals surface area (Å²) in [5, 5.41) is 3.86. The Bertz CT molecular complexity index is 323. The van der Waals surface area contributed by atoms with Crippen molar-refractivity contribution in [2.75, 3.05) is 19.8 Å². The molecule has 6 heteroatoms. The van der Waals surface area contributed by atoms with Gasteiger partial charge in [0, 0.05) is 0 Å². The molecule has 16 heavy (non-hydrogen) atoms. The van der Waals surface area contributed by atoms with Crippen LogP contribution in [0.4, 0.5) is 0 Å². The quantitative estimate of drug-likeness (QED) is 0.824. The fourth-order valence-corrected chi connectivity index (χ4v) is 1.60. The van der Waals surface area contributed by atoms with Crippen LogP contribution in [0.15, 0.2) is 4.52 Å². The number of nitrogens with zero attached hydrogens (tertiary/aromatic N) is 2. The van der Waals surface area contributed by atoms with Gasteiger partial charge in [-0.2, -0.15) is 4.98 Å². The van der Waals surface area contributed by atoms with Crippen molar-refractivity contribution in [1.29, 1.82) is 0 Å². The van der Waals surface area contributed by atoms with Gasteiger partial charge in [-0.1, -0.05) is 18.5 Å². The molecule has 6 nitrogen and oxygen atoms in total. The van der Waals surface area contributed by atoms with Crippen molar-refractivity contribution in [3.8, 4) is 0 Å². The molecule has 1 aromatic rings. The van der Waals surface area contributed by atoms with E-state index in [-0.39, 0.29) is 12.1 Å². The zero-order valence-corrected chi connectivity index (χ0v) is 9.39. The van der Waals surface area contributed by atoms with Crippen LogP contribution < -0.4 is 5.73 Å². The van der Waals surface area contributed by atoms with E-state index < -0.39 is 0 Å². The number of nitrogens with two attached hydrogens (primary N) is 1. The number of hydrogen-bond donors (Lipinski definition) is 1. The molecule has 2 rings (SSSR count). The van der Waals surface area contributed by atoms with Crippen molar-refractivity contribution in [1.82, 2.24) is 10.1 Å². The molecule has 2 unspecified atom stereocenters. The first-order chi connectivity index (χ1) is 7.81. The Hall–Kier alpha value is -0.980. The van der Waals surface area contributed by atoms with Crippen LogP contribution in [0.25, 0.3) is 0 Å². The summed E-state index contributed by atoms with van der Waals surface area (Å²) < 4.78 is 15.9. The van der Waals surface area contributed by atoms with Gasteiger partial charge in [0.05, 0.1) is 25.9 Å². The number of hydrogen-bond acceptors (Lipinski definition) is 6. The second-order valence-corrected chi connectivity index (χ2v) is 3.82. The van der Waals surface area contributed by atoms with Gasteiger partial charge in [0.1, 0.15) is 0 Å². The van der Waals surface area contributed by atoms with E-state index in [4.69, 9.17) is 19.7 Å². The van der Waals surface area contributed by atoms with Gasteiger partial charge in [-0.25, -0.2) is 0 Å². The fourth-order valence-electron chi connectivity index (χ4n) is 1.60. The van der Waals surface area contributed by atoms with E-state index in [9.17, 15) is 0 Å². The smallest absolute Gasteiger partial charge is 0.258 e. The summed E-state index contributed by atoms with van der Waals surface area (Å²) in [5.41, 5.74) is 5.89. The van der Waals surface area contributed by atoms with E-state index in [0.29, 0.717) is 31.5 Å². The predicted octanol–water partition coefficient (Wildman–Crippen LogP) is 0.957. The first kappa shape index (κ1) is 11.5. The van der Waals surface area contributed by atoms with Crippen LogP contribution in [0.3, 0.4) is 0 Å². The second-order valence-electron chi connectivity index (χ2n) is 3.82. The normalized spacial score (nSPS) is 23.2. The van der Waals surface area contributed by atoms with Crippen molar-refractivity contribution in [2.24, 2.45) is 5.73 Å². The highest BCUT2D eigenvalue weighted by Gasteiger charge is 2.24. The summed E-state index contributed by atoms with van der Waals surface area (Å²) in [7, 11) is 0. The SMILES string of the molecule is CCCC(N)c1noc(C2COCCO2)n1. The largest absolute Gasteiger partial charge is 0.376 e. The lowest BCUT2D eigenvalue weighted by Crippen LogP contribution is -2.22. The molecule has 1 aliphatic rings. The van der Waals surface area contributed by atoms with Gasteiger partial charge in [-0.05, 0) is 6.42 Å². The molecule has 0 aromatic carbocycles. The number of ether oxygens (including phenoxy) is 2. The van der Waals surface area contributed by atoms with Crippen molar-refractivity contribution in [3.05, 3.63) is 11.7 Å². The lowest BCUT2D eigenvalue weighted by Gasteiger charge is -2.19.